The summed E-state index contributed by atoms with van der Waals surface area (Å²) in [4.78, 5) is 28.1. The third-order valence-electron chi connectivity index (χ3n) is 9.58. The highest BCUT2D eigenvalue weighted by Crippen LogP contribution is 2.49. The average Bonchev–Trinajstić information content (AvgIpc) is 3.60. The van der Waals surface area contributed by atoms with Gasteiger partial charge in [-0.1, -0.05) is 78.9 Å². The number of carbonyl (C=O) groups excluding carboxylic acids is 2. The van der Waals surface area contributed by atoms with E-state index in [1.807, 2.05) is 0 Å². The molecule has 5 rings (SSSR count). The lowest BCUT2D eigenvalue weighted by atomic mass is 9.85. The Morgan fingerprint density at radius 2 is 1.16 bits per heavy atom. The molecule has 4 aromatic carbocycles. The van der Waals surface area contributed by atoms with Crippen LogP contribution in [0, 0.1) is 0 Å². The maximum atomic E-state index is 15.1. The van der Waals surface area contributed by atoms with E-state index in [0.29, 0.717) is 20.0 Å². The first-order valence-corrected chi connectivity index (χ1v) is 16.9. The number of hydrogen-bond donors (Lipinski definition) is 0. The first-order chi connectivity index (χ1) is 26.6. The molecule has 10 nitrogen and oxygen atoms in total. The van der Waals surface area contributed by atoms with Crippen LogP contribution in [0.15, 0.2) is 103 Å². The molecule has 0 aromatic heterocycles. The zero-order valence-electron chi connectivity index (χ0n) is 30.7. The first-order valence-electron chi connectivity index (χ1n) is 16.9. The van der Waals surface area contributed by atoms with Gasteiger partial charge in [-0.05, 0) is 35.4 Å². The molecule has 1 aliphatic rings. The van der Waals surface area contributed by atoms with Crippen LogP contribution < -0.4 is 14.2 Å². The number of methoxy groups -OCH3 is 5. The van der Waals surface area contributed by atoms with Crippen LogP contribution in [0.5, 0.6) is 17.2 Å². The summed E-state index contributed by atoms with van der Waals surface area (Å²) in [6, 6.07) is 22.4. The van der Waals surface area contributed by atoms with Crippen LogP contribution in [0.4, 0.5) is 26.3 Å². The highest BCUT2D eigenvalue weighted by molar-refractivity contribution is 5.84. The number of carbonyl (C=O) groups is 2. The van der Waals surface area contributed by atoms with Gasteiger partial charge >= 0.3 is 24.3 Å². The minimum absolute atomic E-state index is 0.0255. The summed E-state index contributed by atoms with van der Waals surface area (Å²) in [6.45, 7) is -0.589. The smallest absolute Gasteiger partial charge is 0.432 e. The van der Waals surface area contributed by atoms with Crippen LogP contribution in [0.1, 0.15) is 34.3 Å². The van der Waals surface area contributed by atoms with Crippen molar-refractivity contribution < 1.29 is 73.8 Å². The van der Waals surface area contributed by atoms with Crippen LogP contribution in [0.3, 0.4) is 0 Å². The number of benzene rings is 4. The molecular weight excluding hydrogens is 754 g/mol. The summed E-state index contributed by atoms with van der Waals surface area (Å²) in [6.07, 6.45) is -15.5. The van der Waals surface area contributed by atoms with Crippen molar-refractivity contribution in [3.63, 3.8) is 0 Å². The molecule has 0 bridgehead atoms. The van der Waals surface area contributed by atoms with Gasteiger partial charge in [-0.25, -0.2) is 9.59 Å². The van der Waals surface area contributed by atoms with Crippen molar-refractivity contribution in [2.24, 2.45) is 0 Å². The fourth-order valence-electron chi connectivity index (χ4n) is 6.79. The van der Waals surface area contributed by atoms with Gasteiger partial charge in [0.15, 0.2) is 17.6 Å². The molecule has 0 N–H and O–H groups in total. The first kappa shape index (κ1) is 41.8. The third kappa shape index (κ3) is 7.60. The highest BCUT2D eigenvalue weighted by atomic mass is 19.4. The minimum Gasteiger partial charge on any atom is -0.497 e. The Kier molecular flexibility index (Phi) is 12.6. The molecule has 16 heteroatoms. The summed E-state index contributed by atoms with van der Waals surface area (Å²) < 4.78 is 134. The standard InChI is InChI=1S/C40H38F6O10/c1-49-28-19-16-24(17-20-28)32-31(55-35(47)37(52-4,39(41,42)43)26-12-8-6-9-13-26)23-54-34(32)33(25-18-21-29(50-2)30(22-25)51-3)56-36(48)38(53-5,40(44,45)46)27-14-10-7-11-15-27/h6-22,31-34H,23H2,1-5H3. The number of ether oxygens (including phenoxy) is 8. The van der Waals surface area contributed by atoms with E-state index in [9.17, 15) is 22.8 Å². The van der Waals surface area contributed by atoms with Gasteiger partial charge in [0.05, 0.1) is 33.9 Å². The van der Waals surface area contributed by atoms with Crippen molar-refractivity contribution in [3.8, 4) is 17.2 Å². The van der Waals surface area contributed by atoms with Gasteiger partial charge in [-0.2, -0.15) is 26.3 Å². The van der Waals surface area contributed by atoms with E-state index in [4.69, 9.17) is 37.9 Å². The second kappa shape index (κ2) is 16.8. The molecule has 4 aromatic rings. The van der Waals surface area contributed by atoms with E-state index in [0.717, 1.165) is 24.3 Å². The van der Waals surface area contributed by atoms with Gasteiger partial charge in [0.2, 0.25) is 0 Å². The molecule has 0 aliphatic carbocycles. The Balaban J connectivity index is 1.67. The predicted octanol–water partition coefficient (Wildman–Crippen LogP) is 7.60. The summed E-state index contributed by atoms with van der Waals surface area (Å²) in [5.74, 6) is -4.35. The summed E-state index contributed by atoms with van der Waals surface area (Å²) >= 11 is 0. The van der Waals surface area contributed by atoms with Gasteiger partial charge in [0.25, 0.3) is 11.2 Å². The van der Waals surface area contributed by atoms with Crippen molar-refractivity contribution in [2.75, 3.05) is 42.2 Å². The van der Waals surface area contributed by atoms with Crippen molar-refractivity contribution in [3.05, 3.63) is 125 Å². The molecule has 300 valence electrons. The van der Waals surface area contributed by atoms with E-state index in [1.54, 1.807) is 0 Å². The van der Waals surface area contributed by atoms with Crippen LogP contribution in [-0.2, 0) is 44.5 Å². The lowest BCUT2D eigenvalue weighted by Gasteiger charge is -2.36. The zero-order valence-corrected chi connectivity index (χ0v) is 30.7. The van der Waals surface area contributed by atoms with Crippen molar-refractivity contribution in [2.45, 2.75) is 47.8 Å². The normalized spacial score (nSPS) is 19.9. The van der Waals surface area contributed by atoms with Crippen molar-refractivity contribution in [1.29, 1.82) is 0 Å². The summed E-state index contributed by atoms with van der Waals surface area (Å²) in [5.41, 5.74) is -8.11. The minimum atomic E-state index is -5.37. The van der Waals surface area contributed by atoms with Crippen LogP contribution >= 0.6 is 0 Å². The highest BCUT2D eigenvalue weighted by Gasteiger charge is 2.66. The molecule has 1 aliphatic heterocycles. The number of hydrogen-bond acceptors (Lipinski definition) is 10. The van der Waals surface area contributed by atoms with Gasteiger partial charge in [0.1, 0.15) is 18.0 Å². The van der Waals surface area contributed by atoms with E-state index in [2.05, 4.69) is 0 Å². The predicted molar refractivity (Wildman–Crippen MR) is 186 cm³/mol. The lowest BCUT2D eigenvalue weighted by Crippen LogP contribution is -2.53. The summed E-state index contributed by atoms with van der Waals surface area (Å²) in [7, 11) is 5.45. The van der Waals surface area contributed by atoms with Crippen molar-refractivity contribution in [1.82, 2.24) is 0 Å². The Morgan fingerprint density at radius 3 is 1.62 bits per heavy atom. The molecule has 0 amide bonds. The molecule has 1 saturated heterocycles. The second-order valence-corrected chi connectivity index (χ2v) is 12.5. The molecular formula is C40H38F6O10. The van der Waals surface area contributed by atoms with E-state index < -0.39 is 77.5 Å². The maximum absolute atomic E-state index is 15.1. The van der Waals surface area contributed by atoms with Crippen molar-refractivity contribution >= 4 is 11.9 Å². The Labute approximate surface area is 318 Å². The molecule has 1 fully saturated rings. The van der Waals surface area contributed by atoms with E-state index >= 15 is 13.2 Å². The molecule has 1 heterocycles. The molecule has 0 radical (unpaired) electrons. The zero-order chi connectivity index (χ0) is 40.9. The number of esters is 2. The fraction of sp³-hybridized carbons (Fsp3) is 0.350. The van der Waals surface area contributed by atoms with Gasteiger partial charge in [0, 0.05) is 25.3 Å². The van der Waals surface area contributed by atoms with Crippen LogP contribution in [0.2, 0.25) is 0 Å². The Hall–Kier alpha value is -5.32. The maximum Gasteiger partial charge on any atom is 0.432 e. The third-order valence-corrected chi connectivity index (χ3v) is 9.58. The molecule has 0 spiro atoms. The largest absolute Gasteiger partial charge is 0.497 e. The monoisotopic (exact) mass is 792 g/mol. The van der Waals surface area contributed by atoms with Crippen LogP contribution in [0.25, 0.3) is 0 Å². The van der Waals surface area contributed by atoms with Gasteiger partial charge in [-0.3, -0.25) is 0 Å². The molecule has 0 saturated carbocycles. The van der Waals surface area contributed by atoms with Gasteiger partial charge in [-0.15, -0.1) is 0 Å². The quantitative estimate of drug-likeness (QED) is 0.0937. The topological polar surface area (TPSA) is 108 Å². The second-order valence-electron chi connectivity index (χ2n) is 12.5. The van der Waals surface area contributed by atoms with Crippen LogP contribution in [-0.4, -0.2) is 78.7 Å². The Bertz CT molecular complexity index is 1940. The Morgan fingerprint density at radius 1 is 0.643 bits per heavy atom. The fourth-order valence-corrected chi connectivity index (χ4v) is 6.79. The molecule has 6 unspecified atom stereocenters. The lowest BCUT2D eigenvalue weighted by molar-refractivity contribution is -0.280. The molecule has 56 heavy (non-hydrogen) atoms. The van der Waals surface area contributed by atoms with Gasteiger partial charge < -0.3 is 37.9 Å². The molecule has 6 atom stereocenters. The number of halogens is 6. The number of rotatable bonds is 14. The SMILES string of the molecule is COc1ccc(C2C(OC(=O)C(OC)(c3ccccc3)C(F)(F)F)COC2C(OC(=O)C(OC)(c2ccccc2)C(F)(F)F)c2ccc(OC)c(OC)c2)cc1. The average molecular weight is 793 g/mol. The summed E-state index contributed by atoms with van der Waals surface area (Å²) in [5, 5.41) is 0. The van der Waals surface area contributed by atoms with E-state index in [1.165, 1.54) is 100 Å². The van der Waals surface area contributed by atoms with E-state index in [-0.39, 0.29) is 22.6 Å². The number of alkyl halides is 6.